The molecule has 44 nitrogen and oxygen atoms in total. The summed E-state index contributed by atoms with van der Waals surface area (Å²) in [5.41, 5.74) is 18.3. The summed E-state index contributed by atoms with van der Waals surface area (Å²) in [5.74, 6) is -8.57. The second-order valence-electron chi connectivity index (χ2n) is 37.4. The van der Waals surface area contributed by atoms with E-state index in [1.54, 1.807) is 54.7 Å². The lowest BCUT2D eigenvalue weighted by Crippen LogP contribution is -2.61. The summed E-state index contributed by atoms with van der Waals surface area (Å²) in [6, 6.07) is 21.4. The molecule has 3 fully saturated rings. The molecule has 45 heteroatoms. The number of piperidine rings is 1. The van der Waals surface area contributed by atoms with Gasteiger partial charge in [-0.1, -0.05) is 116 Å². The number of pyridine rings is 2. The number of hydrogen-bond donors (Lipinski definition) is 16. The van der Waals surface area contributed by atoms with Gasteiger partial charge < -0.3 is 118 Å². The first-order valence-corrected chi connectivity index (χ1v) is 51.6. The number of likely N-dealkylation sites (tertiary alicyclic amines) is 1. The van der Waals surface area contributed by atoms with E-state index in [9.17, 15) is 43.2 Å². The average Bonchev–Trinajstić information content (AvgIpc) is 1.71. The number of aromatic amines is 2. The zero-order valence-corrected chi connectivity index (χ0v) is 86.3. The van der Waals surface area contributed by atoms with Crippen LogP contribution in [0.5, 0.6) is 11.8 Å². The smallest absolute Gasteiger partial charge is 0.299 e. The van der Waals surface area contributed by atoms with Crippen molar-refractivity contribution in [1.82, 2.24) is 108 Å². The minimum atomic E-state index is -1.73. The summed E-state index contributed by atoms with van der Waals surface area (Å²) in [6.45, 7) is 11.1. The van der Waals surface area contributed by atoms with Gasteiger partial charge in [-0.2, -0.15) is 0 Å². The third kappa shape index (κ3) is 41.7. The van der Waals surface area contributed by atoms with Crippen molar-refractivity contribution >= 4 is 118 Å². The van der Waals surface area contributed by atoms with Crippen molar-refractivity contribution in [2.45, 2.75) is 216 Å². The zero-order chi connectivity index (χ0) is 107. The maximum atomic E-state index is 15.5. The van der Waals surface area contributed by atoms with Crippen LogP contribution in [0.4, 0.5) is 0 Å². The number of carbonyl (C=O) groups is 14. The number of imidazole rings is 1. The molecule has 4 aromatic heterocycles. The van der Waals surface area contributed by atoms with Crippen molar-refractivity contribution in [1.29, 1.82) is 5.41 Å². The highest BCUT2D eigenvalue weighted by molar-refractivity contribution is 7.80. The lowest BCUT2D eigenvalue weighted by Gasteiger charge is -2.34. The number of thiocarbonyl (C=S) groups is 1. The average molecular weight is 2080 g/mol. The van der Waals surface area contributed by atoms with Gasteiger partial charge in [-0.05, 0) is 131 Å². The Hall–Kier alpha value is -13.8. The van der Waals surface area contributed by atoms with Crippen LogP contribution >= 0.6 is 12.2 Å². The molecule has 3 aromatic carbocycles. The number of amides is 12. The number of guanidine groups is 1. The lowest BCUT2D eigenvalue weighted by molar-refractivity contribution is -0.145. The molecule has 0 aliphatic carbocycles. The molecular formula is C104H146N24O20S. The number of fused-ring (bicyclic) bond motifs is 1. The number of primary amides is 1. The molecule has 0 radical (unpaired) electrons. The topological polar surface area (TPSA) is 589 Å². The van der Waals surface area contributed by atoms with E-state index in [4.69, 9.17) is 57.5 Å². The van der Waals surface area contributed by atoms with E-state index in [-0.39, 0.29) is 127 Å². The number of ether oxygens (including phenoxy) is 6. The van der Waals surface area contributed by atoms with Crippen LogP contribution in [-0.4, -0.2) is 338 Å². The molecule has 3 aliphatic rings. The third-order valence-corrected chi connectivity index (χ3v) is 26.2. The van der Waals surface area contributed by atoms with Gasteiger partial charge in [-0.3, -0.25) is 87.2 Å². The van der Waals surface area contributed by atoms with Crippen molar-refractivity contribution in [2.24, 2.45) is 11.5 Å². The first-order chi connectivity index (χ1) is 72.1. The van der Waals surface area contributed by atoms with Gasteiger partial charge in [0.15, 0.2) is 5.96 Å². The highest BCUT2D eigenvalue weighted by Crippen LogP contribution is 2.25. The van der Waals surface area contributed by atoms with E-state index in [0.29, 0.717) is 204 Å². The Morgan fingerprint density at radius 1 is 0.584 bits per heavy atom. The van der Waals surface area contributed by atoms with Crippen molar-refractivity contribution < 1.29 is 95.5 Å². The number of aryl methyl sites for hydroxylation is 2. The summed E-state index contributed by atoms with van der Waals surface area (Å²) in [7, 11) is 2.77. The zero-order valence-electron chi connectivity index (χ0n) is 85.5. The van der Waals surface area contributed by atoms with E-state index in [1.807, 2.05) is 79.4 Å². The molecule has 0 bridgehead atoms. The van der Waals surface area contributed by atoms with Crippen LogP contribution in [0, 0.1) is 12.3 Å². The maximum Gasteiger partial charge on any atom is 0.299 e. The Labute approximate surface area is 873 Å². The van der Waals surface area contributed by atoms with Crippen LogP contribution in [0.1, 0.15) is 155 Å². The summed E-state index contributed by atoms with van der Waals surface area (Å²) in [4.78, 5) is 226. The molecule has 3 saturated heterocycles. The van der Waals surface area contributed by atoms with Crippen LogP contribution in [0.3, 0.4) is 0 Å². The third-order valence-electron chi connectivity index (χ3n) is 26.0. The normalized spacial score (nSPS) is 19.3. The monoisotopic (exact) mass is 2080 g/mol. The number of nitrogens with two attached hydrogens (primary N) is 2. The van der Waals surface area contributed by atoms with Crippen molar-refractivity contribution in [3.63, 3.8) is 0 Å². The highest BCUT2D eigenvalue weighted by atomic mass is 32.1. The van der Waals surface area contributed by atoms with Gasteiger partial charge in [-0.15, -0.1) is 0 Å². The summed E-state index contributed by atoms with van der Waals surface area (Å²) in [6.07, 6.45) is 8.35. The Bertz CT molecular complexity index is 5470. The Kier molecular flexibility index (Phi) is 50.1. The van der Waals surface area contributed by atoms with E-state index in [2.05, 4.69) is 93.2 Å². The minimum absolute atomic E-state index is 0.000167. The van der Waals surface area contributed by atoms with Crippen LogP contribution in [0.15, 0.2) is 128 Å². The molecule has 0 saturated carbocycles. The van der Waals surface area contributed by atoms with E-state index < -0.39 is 126 Å². The second kappa shape index (κ2) is 63.8. The fourth-order valence-electron chi connectivity index (χ4n) is 17.8. The number of likely N-dealkylation sites (N-methyl/N-ethyl adjacent to an activating group) is 2. The molecule has 1 unspecified atom stereocenters. The molecule has 7 heterocycles. The number of nitrogens with one attached hydrogen (secondary N) is 14. The molecule has 8 atom stereocenters. The molecule has 808 valence electrons. The maximum absolute atomic E-state index is 15.5. The first-order valence-electron chi connectivity index (χ1n) is 51.1. The predicted molar refractivity (Wildman–Crippen MR) is 557 cm³/mol. The van der Waals surface area contributed by atoms with Gasteiger partial charge in [0, 0.05) is 165 Å². The van der Waals surface area contributed by atoms with E-state index >= 15 is 24.0 Å². The standard InChI is InChI=1S/C104H146N24O20S/c1-5-6-24-81(98(137)121-84-60-90(132)109-37-15-13-27-87(96(105)135)124(3)103(142)86(58-74-61-112-80-25-11-10-23-79(74)80)123-101(140)88(28-18-39-111-104(106)107)125(4)102(141)85(55-72-19-8-7-9-20-72)122-99(138)83(120-100(84)139)59-77-62-108-67-114-77)119-92(134)66-126-40-35-75(36-41-126)117-97(136)82(118-91(133)63-113-89(131)29-16-21-71-33-31-70(2)32-34-71)26-12-14-38-110-95(149)57-73-54-78(116-94(56-73)148-69-130)65-128-44-48-145-52-50-143-46-42-127(43-47-144-51-53-146-49-45-128)64-76-22-17-30-93(115-76)147-68-129/h7-11,17,19-20,22-23,25,30-34,54,56,61-62,67-69,75,81-88,112H,5-6,12-16,18,21,24,26-29,35-53,55,57-60,63-66H2,1-4H3,(H2,105,135)(H,108,114)(H,109,132)(H,110,149)(H,113,131)(H,117,136)(H,118,133)(H,119,134)(H,120,139)(H,121,137)(H,122,138)(H,123,140)(H4,106,107,111)/t81-,82?,83-,84-,85+,86-,87-,88-/m0/s1. The quantitative estimate of drug-likeness (QED) is 0.00850. The van der Waals surface area contributed by atoms with Gasteiger partial charge in [0.25, 0.3) is 12.9 Å². The van der Waals surface area contributed by atoms with E-state index in [1.165, 1.54) is 31.5 Å². The molecular weight excluding hydrogens is 1940 g/mol. The fourth-order valence-corrected chi connectivity index (χ4v) is 18.0. The lowest BCUT2D eigenvalue weighted by atomic mass is 10.00. The van der Waals surface area contributed by atoms with Gasteiger partial charge in [0.2, 0.25) is 82.6 Å². The second-order valence-corrected chi connectivity index (χ2v) is 37.9. The van der Waals surface area contributed by atoms with Crippen LogP contribution in [0.2, 0.25) is 0 Å². The van der Waals surface area contributed by atoms with Gasteiger partial charge in [0.05, 0.1) is 95.1 Å². The number of aromatic nitrogens is 5. The van der Waals surface area contributed by atoms with Crippen LogP contribution in [-0.2, 0) is 131 Å². The number of carbonyl (C=O) groups excluding carboxylic acids is 14. The van der Waals surface area contributed by atoms with Gasteiger partial charge in [-0.25, -0.2) is 15.0 Å². The van der Waals surface area contributed by atoms with Gasteiger partial charge in [0.1, 0.15) is 48.3 Å². The number of rotatable bonds is 43. The Morgan fingerprint density at radius 2 is 1.21 bits per heavy atom. The molecule has 0 spiro atoms. The number of benzene rings is 3. The SMILES string of the molecule is CCCC[C@H](NC(=O)CN1CCC(NC(=O)C(CCCCNC(=S)Cc2cc(CN3CCOCCOCCN(Cc4cccc(OC=O)n4)CCOCCOCC3)nc(OC=O)c2)NC(=O)CNC(=O)CCCc2ccc(C)cc2)CC1)C(=O)N[C@H]1CC(=O)NCCCC[C@@H](C(N)=O)N(C)C(=O)[C@H](Cc2c[nH]c3ccccc23)NC(=O)[C@H](CCCNC(=N)N)N(C)C(=O)[C@@H](Cc2ccccc2)NC(=O)[C@H](Cc2cnc[nH]2)NC1=O. The van der Waals surface area contributed by atoms with Crippen molar-refractivity contribution in [3.05, 3.63) is 173 Å². The minimum Gasteiger partial charge on any atom is -0.410 e. The molecule has 18 N–H and O–H groups in total. The summed E-state index contributed by atoms with van der Waals surface area (Å²) >= 11 is 5.87. The summed E-state index contributed by atoms with van der Waals surface area (Å²) < 4.78 is 34.2. The Balaban J connectivity index is 0.773. The number of unbranched alkanes of at least 4 members (excludes halogenated alkanes) is 2. The molecule has 7 aromatic rings. The number of nitrogens with zero attached hydrogens (tertiary/aromatic N) is 8. The number of para-hydroxylation sites is 1. The molecule has 12 amide bonds. The van der Waals surface area contributed by atoms with E-state index in [0.717, 1.165) is 38.2 Å². The van der Waals surface area contributed by atoms with Crippen molar-refractivity contribution in [2.75, 3.05) is 139 Å². The van der Waals surface area contributed by atoms with Crippen molar-refractivity contribution in [3.8, 4) is 11.8 Å². The fraction of sp³-hybridized carbons (Fsp3) is 0.529. The van der Waals surface area contributed by atoms with Crippen LogP contribution in [0.25, 0.3) is 10.9 Å². The summed E-state index contributed by atoms with van der Waals surface area (Å²) in [5, 5.41) is 40.2. The van der Waals surface area contributed by atoms with Crippen LogP contribution < -0.4 is 79.4 Å². The first kappa shape index (κ1) is 117. The number of H-pyrrole nitrogens is 2. The number of hydrogen-bond acceptors (Lipinski definition) is 28. The highest BCUT2D eigenvalue weighted by Gasteiger charge is 2.40. The Morgan fingerprint density at radius 3 is 1.88 bits per heavy atom. The molecule has 3 aliphatic heterocycles. The molecule has 149 heavy (non-hydrogen) atoms. The largest absolute Gasteiger partial charge is 0.410 e. The predicted octanol–water partition coefficient (Wildman–Crippen LogP) is 1.71. The van der Waals surface area contributed by atoms with Gasteiger partial charge >= 0.3 is 0 Å². The molecule has 10 rings (SSSR count).